The Bertz CT molecular complexity index is 858. The van der Waals surface area contributed by atoms with E-state index in [9.17, 15) is 4.79 Å². The van der Waals surface area contributed by atoms with Crippen molar-refractivity contribution in [1.82, 2.24) is 19.8 Å². The molecule has 5 nitrogen and oxygen atoms in total. The van der Waals surface area contributed by atoms with E-state index in [1.54, 1.807) is 17.5 Å². The molecule has 132 valence electrons. The highest BCUT2D eigenvalue weighted by atomic mass is 32.1. The van der Waals surface area contributed by atoms with Crippen molar-refractivity contribution in [3.8, 4) is 10.7 Å². The Morgan fingerprint density at radius 2 is 1.77 bits per heavy atom. The van der Waals surface area contributed by atoms with E-state index in [0.717, 1.165) is 54.7 Å². The third-order valence-corrected chi connectivity index (χ3v) is 5.42. The number of carbonyl (C=O) groups excluding carboxylic acids is 1. The molecule has 0 N–H and O–H groups in total. The van der Waals surface area contributed by atoms with Gasteiger partial charge in [0.05, 0.1) is 11.4 Å². The summed E-state index contributed by atoms with van der Waals surface area (Å²) in [5, 5.41) is 3.06. The summed E-state index contributed by atoms with van der Waals surface area (Å²) in [5.74, 6) is 0.122. The van der Waals surface area contributed by atoms with Crippen molar-refractivity contribution < 1.29 is 4.79 Å². The highest BCUT2D eigenvalue weighted by molar-refractivity contribution is 7.13. The molecule has 0 spiro atoms. The first-order valence-corrected chi connectivity index (χ1v) is 9.60. The monoisotopic (exact) mass is 364 g/mol. The first-order chi connectivity index (χ1) is 12.8. The van der Waals surface area contributed by atoms with Crippen LogP contribution in [0.25, 0.3) is 10.7 Å². The number of aromatic nitrogens is 2. The molecule has 1 amide bonds. The van der Waals surface area contributed by atoms with Gasteiger partial charge in [0.25, 0.3) is 5.91 Å². The summed E-state index contributed by atoms with van der Waals surface area (Å²) in [6, 6.07) is 15.4. The zero-order valence-corrected chi connectivity index (χ0v) is 15.2. The number of carbonyl (C=O) groups is 1. The van der Waals surface area contributed by atoms with Crippen molar-refractivity contribution >= 4 is 17.2 Å². The second-order valence-corrected chi connectivity index (χ2v) is 7.15. The molecule has 1 aliphatic heterocycles. The molecule has 1 fully saturated rings. The second-order valence-electron chi connectivity index (χ2n) is 6.29. The lowest BCUT2D eigenvalue weighted by molar-refractivity contribution is 0.0627. The number of piperazine rings is 1. The highest BCUT2D eigenvalue weighted by Crippen LogP contribution is 2.22. The predicted molar refractivity (Wildman–Crippen MR) is 103 cm³/mol. The largest absolute Gasteiger partial charge is 0.336 e. The Hall–Kier alpha value is -2.57. The molecule has 3 heterocycles. The van der Waals surface area contributed by atoms with Crippen LogP contribution in [0.4, 0.5) is 0 Å². The zero-order valence-electron chi connectivity index (χ0n) is 14.4. The summed E-state index contributed by atoms with van der Waals surface area (Å²) >= 11 is 1.63. The lowest BCUT2D eigenvalue weighted by Crippen LogP contribution is -2.48. The Morgan fingerprint density at radius 1 is 1.00 bits per heavy atom. The second kappa shape index (κ2) is 7.76. The van der Waals surface area contributed by atoms with Gasteiger partial charge in [-0.3, -0.25) is 14.7 Å². The Kier molecular flexibility index (Phi) is 5.04. The van der Waals surface area contributed by atoms with Crippen molar-refractivity contribution in [3.05, 3.63) is 71.4 Å². The van der Waals surface area contributed by atoms with Gasteiger partial charge in [-0.05, 0) is 24.3 Å². The van der Waals surface area contributed by atoms with Gasteiger partial charge < -0.3 is 4.90 Å². The number of rotatable bonds is 4. The average molecular weight is 364 g/mol. The van der Waals surface area contributed by atoms with E-state index in [-0.39, 0.29) is 5.91 Å². The Labute approximate surface area is 156 Å². The molecule has 0 saturated carbocycles. The Morgan fingerprint density at radius 3 is 2.50 bits per heavy atom. The summed E-state index contributed by atoms with van der Waals surface area (Å²) < 4.78 is 0. The van der Waals surface area contributed by atoms with E-state index in [1.165, 1.54) is 0 Å². The minimum absolute atomic E-state index is 0.122. The minimum atomic E-state index is 0.122. The molecule has 0 bridgehead atoms. The first kappa shape index (κ1) is 16.9. The van der Waals surface area contributed by atoms with Gasteiger partial charge in [-0.1, -0.05) is 24.3 Å². The van der Waals surface area contributed by atoms with Gasteiger partial charge in [-0.2, -0.15) is 0 Å². The van der Waals surface area contributed by atoms with Crippen LogP contribution in [-0.2, 0) is 6.54 Å². The summed E-state index contributed by atoms with van der Waals surface area (Å²) in [6.07, 6.45) is 1.79. The van der Waals surface area contributed by atoms with Crippen LogP contribution in [0, 0.1) is 0 Å². The number of hydrogen-bond donors (Lipinski definition) is 0. The molecule has 0 aliphatic carbocycles. The van der Waals surface area contributed by atoms with Crippen molar-refractivity contribution in [3.63, 3.8) is 0 Å². The van der Waals surface area contributed by atoms with Crippen molar-refractivity contribution in [2.24, 2.45) is 0 Å². The lowest BCUT2D eigenvalue weighted by Gasteiger charge is -2.34. The van der Waals surface area contributed by atoms with Crippen LogP contribution < -0.4 is 0 Å². The smallest absolute Gasteiger partial charge is 0.253 e. The summed E-state index contributed by atoms with van der Waals surface area (Å²) in [7, 11) is 0. The molecule has 0 atom stereocenters. The van der Waals surface area contributed by atoms with Gasteiger partial charge in [-0.25, -0.2) is 4.98 Å². The quantitative estimate of drug-likeness (QED) is 0.714. The van der Waals surface area contributed by atoms with Crippen LogP contribution in [0.1, 0.15) is 16.1 Å². The summed E-state index contributed by atoms with van der Waals surface area (Å²) in [4.78, 5) is 25.9. The SMILES string of the molecule is O=C(c1ccccc1)N1CCN(Cc2csc(-c3ccccn3)n2)CC1. The topological polar surface area (TPSA) is 49.3 Å². The lowest BCUT2D eigenvalue weighted by atomic mass is 10.2. The number of thiazole rings is 1. The highest BCUT2D eigenvalue weighted by Gasteiger charge is 2.22. The maximum Gasteiger partial charge on any atom is 0.253 e. The molecule has 2 aromatic heterocycles. The third kappa shape index (κ3) is 3.81. The van der Waals surface area contributed by atoms with Gasteiger partial charge in [0.1, 0.15) is 5.01 Å². The van der Waals surface area contributed by atoms with Gasteiger partial charge in [-0.15, -0.1) is 11.3 Å². The molecule has 4 rings (SSSR count). The molecule has 0 unspecified atom stereocenters. The van der Waals surface area contributed by atoms with Crippen molar-refractivity contribution in [2.45, 2.75) is 6.54 Å². The fourth-order valence-corrected chi connectivity index (χ4v) is 3.87. The maximum absolute atomic E-state index is 12.5. The molecule has 26 heavy (non-hydrogen) atoms. The number of nitrogens with zero attached hydrogens (tertiary/aromatic N) is 4. The van der Waals surface area contributed by atoms with Crippen LogP contribution in [0.2, 0.25) is 0 Å². The Balaban J connectivity index is 1.33. The number of amides is 1. The molecule has 0 radical (unpaired) electrons. The van der Waals surface area contributed by atoms with Gasteiger partial charge in [0.2, 0.25) is 0 Å². The average Bonchev–Trinajstić information content (AvgIpc) is 3.18. The van der Waals surface area contributed by atoms with Crippen molar-refractivity contribution in [1.29, 1.82) is 0 Å². The fourth-order valence-electron chi connectivity index (χ4n) is 3.09. The fraction of sp³-hybridized carbons (Fsp3) is 0.250. The summed E-state index contributed by atoms with van der Waals surface area (Å²) in [6.45, 7) is 4.07. The van der Waals surface area contributed by atoms with Gasteiger partial charge in [0, 0.05) is 49.9 Å². The molecule has 3 aromatic rings. The van der Waals surface area contributed by atoms with Crippen molar-refractivity contribution in [2.75, 3.05) is 26.2 Å². The normalized spacial score (nSPS) is 15.2. The summed E-state index contributed by atoms with van der Waals surface area (Å²) in [5.41, 5.74) is 2.75. The van der Waals surface area contributed by atoms with Crippen LogP contribution in [0.5, 0.6) is 0 Å². The van der Waals surface area contributed by atoms with E-state index >= 15 is 0 Å². The van der Waals surface area contributed by atoms with E-state index in [1.807, 2.05) is 53.4 Å². The maximum atomic E-state index is 12.5. The van der Waals surface area contributed by atoms with Gasteiger partial charge >= 0.3 is 0 Å². The molecular formula is C20H20N4OS. The van der Waals surface area contributed by atoms with E-state index in [2.05, 4.69) is 15.3 Å². The standard InChI is InChI=1S/C20H20N4OS/c25-20(16-6-2-1-3-7-16)24-12-10-23(11-13-24)14-17-15-26-19(22-17)18-8-4-5-9-21-18/h1-9,15H,10-14H2. The number of benzene rings is 1. The van der Waals surface area contributed by atoms with E-state index in [4.69, 9.17) is 4.98 Å². The zero-order chi connectivity index (χ0) is 17.8. The molecule has 6 heteroatoms. The molecule has 1 aliphatic rings. The van der Waals surface area contributed by atoms with E-state index < -0.39 is 0 Å². The van der Waals surface area contributed by atoms with Gasteiger partial charge in [0.15, 0.2) is 0 Å². The van der Waals surface area contributed by atoms with Crippen LogP contribution in [0.15, 0.2) is 60.1 Å². The first-order valence-electron chi connectivity index (χ1n) is 8.72. The van der Waals surface area contributed by atoms with E-state index in [0.29, 0.717) is 0 Å². The predicted octanol–water partition coefficient (Wildman–Crippen LogP) is 3.16. The molecule has 1 saturated heterocycles. The van der Waals surface area contributed by atoms with Crippen LogP contribution in [-0.4, -0.2) is 51.9 Å². The van der Waals surface area contributed by atoms with Crippen LogP contribution >= 0.6 is 11.3 Å². The molecule has 1 aromatic carbocycles. The number of hydrogen-bond acceptors (Lipinski definition) is 5. The number of pyridine rings is 1. The third-order valence-electron chi connectivity index (χ3n) is 4.50. The van der Waals surface area contributed by atoms with Crippen LogP contribution in [0.3, 0.4) is 0 Å². The minimum Gasteiger partial charge on any atom is -0.336 e. The molecular weight excluding hydrogens is 344 g/mol.